The summed E-state index contributed by atoms with van der Waals surface area (Å²) in [5.74, 6) is 0.237. The summed E-state index contributed by atoms with van der Waals surface area (Å²) in [6.45, 7) is 0.656. The van der Waals surface area contributed by atoms with Crippen LogP contribution in [0.25, 0.3) is 0 Å². The number of rotatable bonds is 5. The summed E-state index contributed by atoms with van der Waals surface area (Å²) in [7, 11) is 0. The number of carbonyl (C=O) groups is 1. The third-order valence-electron chi connectivity index (χ3n) is 3.32. The van der Waals surface area contributed by atoms with Gasteiger partial charge in [-0.15, -0.1) is 0 Å². The van der Waals surface area contributed by atoms with Gasteiger partial charge in [0, 0.05) is 12.5 Å². The number of hydrogen-bond donors (Lipinski definition) is 2. The Labute approximate surface area is 113 Å². The van der Waals surface area contributed by atoms with Gasteiger partial charge in [0.1, 0.15) is 0 Å². The van der Waals surface area contributed by atoms with Crippen LogP contribution >= 0.6 is 12.2 Å². The third-order valence-corrected chi connectivity index (χ3v) is 3.53. The highest BCUT2D eigenvalue weighted by atomic mass is 32.1. The summed E-state index contributed by atoms with van der Waals surface area (Å²) in [6.07, 6.45) is 3.23. The molecule has 0 saturated heterocycles. The Morgan fingerprint density at radius 1 is 1.33 bits per heavy atom. The molecule has 3 N–H and O–H groups in total. The first-order chi connectivity index (χ1) is 8.66. The molecule has 0 fully saturated rings. The van der Waals surface area contributed by atoms with E-state index < -0.39 is 0 Å². The molecular weight excluding hydrogens is 244 g/mol. The largest absolute Gasteiger partial charge is 0.393 e. The van der Waals surface area contributed by atoms with Crippen LogP contribution in [0.15, 0.2) is 24.3 Å². The molecule has 1 aromatic carbocycles. The molecule has 0 spiro atoms. The lowest BCUT2D eigenvalue weighted by molar-refractivity contribution is -0.124. The lowest BCUT2D eigenvalue weighted by Gasteiger charge is -2.10. The predicted octanol–water partition coefficient (Wildman–Crippen LogP) is 1.58. The maximum Gasteiger partial charge on any atom is 0.223 e. The normalized spacial score (nSPS) is 14.2. The first-order valence-electron chi connectivity index (χ1n) is 6.29. The van der Waals surface area contributed by atoms with Gasteiger partial charge in [-0.05, 0) is 36.8 Å². The van der Waals surface area contributed by atoms with Crippen molar-refractivity contribution in [1.82, 2.24) is 5.32 Å². The average Bonchev–Trinajstić information content (AvgIpc) is 2.78. The molecule has 1 aliphatic carbocycles. The zero-order chi connectivity index (χ0) is 13.0. The zero-order valence-corrected chi connectivity index (χ0v) is 11.1. The number of amides is 1. The Balaban J connectivity index is 1.77. The van der Waals surface area contributed by atoms with Gasteiger partial charge in [-0.1, -0.05) is 36.5 Å². The van der Waals surface area contributed by atoms with Crippen molar-refractivity contribution in [3.63, 3.8) is 0 Å². The van der Waals surface area contributed by atoms with Gasteiger partial charge in [-0.3, -0.25) is 4.79 Å². The molecule has 0 bridgehead atoms. The van der Waals surface area contributed by atoms with E-state index in [0.29, 0.717) is 18.0 Å². The average molecular weight is 262 g/mol. The van der Waals surface area contributed by atoms with Crippen molar-refractivity contribution < 1.29 is 4.79 Å². The SMILES string of the molecule is NC(=S)CCCNC(=O)C1Cc2ccccc2C1. The van der Waals surface area contributed by atoms with E-state index in [4.69, 9.17) is 18.0 Å². The monoisotopic (exact) mass is 262 g/mol. The van der Waals surface area contributed by atoms with Gasteiger partial charge < -0.3 is 11.1 Å². The molecule has 0 saturated carbocycles. The molecule has 2 rings (SSSR count). The first-order valence-corrected chi connectivity index (χ1v) is 6.70. The number of hydrogen-bond acceptors (Lipinski definition) is 2. The van der Waals surface area contributed by atoms with Crippen LogP contribution in [-0.4, -0.2) is 17.4 Å². The fraction of sp³-hybridized carbons (Fsp3) is 0.429. The molecule has 4 heteroatoms. The third kappa shape index (κ3) is 3.29. The van der Waals surface area contributed by atoms with Crippen LogP contribution in [0.5, 0.6) is 0 Å². The second-order valence-corrected chi connectivity index (χ2v) is 5.26. The van der Waals surface area contributed by atoms with Gasteiger partial charge in [0.2, 0.25) is 5.91 Å². The minimum atomic E-state index is 0.0900. The molecule has 0 aromatic heterocycles. The van der Waals surface area contributed by atoms with Crippen molar-refractivity contribution in [2.75, 3.05) is 6.54 Å². The molecule has 96 valence electrons. The van der Waals surface area contributed by atoms with E-state index in [-0.39, 0.29) is 11.8 Å². The number of carbonyl (C=O) groups excluding carboxylic acids is 1. The highest BCUT2D eigenvalue weighted by molar-refractivity contribution is 7.80. The predicted molar refractivity (Wildman–Crippen MR) is 76.4 cm³/mol. The number of benzene rings is 1. The van der Waals surface area contributed by atoms with Crippen molar-refractivity contribution in [3.05, 3.63) is 35.4 Å². The van der Waals surface area contributed by atoms with Crippen molar-refractivity contribution in [1.29, 1.82) is 0 Å². The molecule has 0 atom stereocenters. The Kier molecular flexibility index (Phi) is 4.31. The fourth-order valence-corrected chi connectivity index (χ4v) is 2.51. The smallest absolute Gasteiger partial charge is 0.223 e. The Morgan fingerprint density at radius 3 is 2.50 bits per heavy atom. The van der Waals surface area contributed by atoms with Crippen LogP contribution < -0.4 is 11.1 Å². The van der Waals surface area contributed by atoms with Gasteiger partial charge in [0.25, 0.3) is 0 Å². The topological polar surface area (TPSA) is 55.1 Å². The van der Waals surface area contributed by atoms with E-state index in [0.717, 1.165) is 19.3 Å². The van der Waals surface area contributed by atoms with Crippen molar-refractivity contribution >= 4 is 23.1 Å². The summed E-state index contributed by atoms with van der Waals surface area (Å²) in [6, 6.07) is 8.27. The van der Waals surface area contributed by atoms with E-state index >= 15 is 0 Å². The van der Waals surface area contributed by atoms with Gasteiger partial charge in [0.15, 0.2) is 0 Å². The Morgan fingerprint density at radius 2 is 1.94 bits per heavy atom. The number of nitrogens with two attached hydrogens (primary N) is 1. The van der Waals surface area contributed by atoms with Crippen molar-refractivity contribution in [2.45, 2.75) is 25.7 Å². The molecular formula is C14H18N2OS. The maximum atomic E-state index is 12.0. The van der Waals surface area contributed by atoms with Crippen LogP contribution in [0.3, 0.4) is 0 Å². The van der Waals surface area contributed by atoms with Crippen LogP contribution in [-0.2, 0) is 17.6 Å². The maximum absolute atomic E-state index is 12.0. The number of fused-ring (bicyclic) bond motifs is 1. The van der Waals surface area contributed by atoms with Crippen molar-refractivity contribution in [3.8, 4) is 0 Å². The molecule has 1 aromatic rings. The summed E-state index contributed by atoms with van der Waals surface area (Å²) >= 11 is 4.79. The minimum absolute atomic E-state index is 0.0900. The van der Waals surface area contributed by atoms with Gasteiger partial charge >= 0.3 is 0 Å². The highest BCUT2D eigenvalue weighted by Crippen LogP contribution is 2.26. The lowest BCUT2D eigenvalue weighted by Crippen LogP contribution is -2.32. The quantitative estimate of drug-likeness (QED) is 0.626. The first kappa shape index (κ1) is 13.0. The summed E-state index contributed by atoms with van der Waals surface area (Å²) in [4.78, 5) is 12.5. The van der Waals surface area contributed by atoms with E-state index in [1.807, 2.05) is 12.1 Å². The number of nitrogens with one attached hydrogen (secondary N) is 1. The molecule has 18 heavy (non-hydrogen) atoms. The number of thiocarbonyl (C=S) groups is 1. The van der Waals surface area contributed by atoms with Crippen LogP contribution in [0.1, 0.15) is 24.0 Å². The highest BCUT2D eigenvalue weighted by Gasteiger charge is 2.26. The molecule has 1 amide bonds. The van der Waals surface area contributed by atoms with Gasteiger partial charge in [-0.25, -0.2) is 0 Å². The second kappa shape index (κ2) is 5.96. The minimum Gasteiger partial charge on any atom is -0.393 e. The van der Waals surface area contributed by atoms with Crippen LogP contribution in [0, 0.1) is 5.92 Å². The molecule has 0 aliphatic heterocycles. The summed E-state index contributed by atoms with van der Waals surface area (Å²) in [5.41, 5.74) is 8.02. The van der Waals surface area contributed by atoms with Gasteiger partial charge in [0.05, 0.1) is 4.99 Å². The van der Waals surface area contributed by atoms with Crippen LogP contribution in [0.4, 0.5) is 0 Å². The summed E-state index contributed by atoms with van der Waals surface area (Å²) < 4.78 is 0. The lowest BCUT2D eigenvalue weighted by atomic mass is 10.1. The molecule has 0 unspecified atom stereocenters. The van der Waals surface area contributed by atoms with Crippen LogP contribution in [0.2, 0.25) is 0 Å². The van der Waals surface area contributed by atoms with Crippen molar-refractivity contribution in [2.24, 2.45) is 11.7 Å². The van der Waals surface area contributed by atoms with E-state index in [1.54, 1.807) is 0 Å². The molecule has 0 radical (unpaired) electrons. The molecule has 0 heterocycles. The molecule has 1 aliphatic rings. The van der Waals surface area contributed by atoms with E-state index in [2.05, 4.69) is 17.4 Å². The molecule has 3 nitrogen and oxygen atoms in total. The van der Waals surface area contributed by atoms with Gasteiger partial charge in [-0.2, -0.15) is 0 Å². The zero-order valence-electron chi connectivity index (χ0n) is 10.3. The second-order valence-electron chi connectivity index (χ2n) is 4.73. The standard InChI is InChI=1S/C14H18N2OS/c15-13(18)6-3-7-16-14(17)12-8-10-4-1-2-5-11(10)9-12/h1-2,4-5,12H,3,6-9H2,(H2,15,18)(H,16,17). The van der Waals surface area contributed by atoms with E-state index in [1.165, 1.54) is 11.1 Å². The Bertz CT molecular complexity index is 434. The van der Waals surface area contributed by atoms with E-state index in [9.17, 15) is 4.79 Å². The Hall–Kier alpha value is -1.42. The fourth-order valence-electron chi connectivity index (χ4n) is 2.36. The summed E-state index contributed by atoms with van der Waals surface area (Å²) in [5, 5.41) is 2.96.